The summed E-state index contributed by atoms with van der Waals surface area (Å²) >= 11 is 6.06. The van der Waals surface area contributed by atoms with Crippen LogP contribution in [-0.4, -0.2) is 44.9 Å². The quantitative estimate of drug-likeness (QED) is 0.404. The van der Waals surface area contributed by atoms with Crippen molar-refractivity contribution in [2.24, 2.45) is 5.92 Å². The van der Waals surface area contributed by atoms with Crippen molar-refractivity contribution in [1.29, 1.82) is 0 Å². The van der Waals surface area contributed by atoms with Gasteiger partial charge in [0, 0.05) is 42.1 Å². The lowest BCUT2D eigenvalue weighted by molar-refractivity contribution is 0.0540. The van der Waals surface area contributed by atoms with E-state index in [2.05, 4.69) is 27.2 Å². The molecule has 3 heterocycles. The molecule has 34 heavy (non-hydrogen) atoms. The molecule has 0 saturated carbocycles. The molecule has 2 atom stereocenters. The maximum absolute atomic E-state index is 13.8. The summed E-state index contributed by atoms with van der Waals surface area (Å²) < 4.78 is 5.82. The molecule has 1 saturated heterocycles. The third-order valence-electron chi connectivity index (χ3n) is 6.40. The van der Waals surface area contributed by atoms with Crippen LogP contribution >= 0.6 is 11.6 Å². The number of hydrogen-bond acceptors (Lipinski definition) is 6. The first-order valence-corrected chi connectivity index (χ1v) is 11.9. The van der Waals surface area contributed by atoms with Gasteiger partial charge in [0.2, 0.25) is 0 Å². The van der Waals surface area contributed by atoms with Gasteiger partial charge < -0.3 is 14.6 Å². The van der Waals surface area contributed by atoms with Gasteiger partial charge in [0.15, 0.2) is 11.4 Å². The molecule has 1 aliphatic rings. The summed E-state index contributed by atoms with van der Waals surface area (Å²) in [5.74, 6) is 0.871. The van der Waals surface area contributed by atoms with E-state index < -0.39 is 0 Å². The molecule has 4 aromatic rings. The molecule has 0 bridgehead atoms. The molecule has 5 rings (SSSR count). The number of benzene rings is 2. The molecule has 8 heteroatoms. The van der Waals surface area contributed by atoms with E-state index in [1.165, 1.54) is 0 Å². The molecule has 174 valence electrons. The summed E-state index contributed by atoms with van der Waals surface area (Å²) in [5.41, 5.74) is 3.80. The number of carbonyl (C=O) groups is 1. The maximum Gasteiger partial charge on any atom is 0.295 e. The van der Waals surface area contributed by atoms with Crippen LogP contribution in [0.4, 0.5) is 6.01 Å². The minimum Gasteiger partial charge on any atom is -0.424 e. The van der Waals surface area contributed by atoms with Crippen LogP contribution in [0, 0.1) is 12.8 Å². The predicted octanol–water partition coefficient (Wildman–Crippen LogP) is 5.60. The highest BCUT2D eigenvalue weighted by Gasteiger charge is 2.33. The van der Waals surface area contributed by atoms with Gasteiger partial charge in [0.05, 0.1) is 11.6 Å². The van der Waals surface area contributed by atoms with Gasteiger partial charge in [-0.15, -0.1) is 0 Å². The van der Waals surface area contributed by atoms with E-state index in [-0.39, 0.29) is 11.9 Å². The Morgan fingerprint density at radius 3 is 2.85 bits per heavy atom. The third-order valence-corrected chi connectivity index (χ3v) is 6.64. The number of aromatic nitrogens is 3. The lowest BCUT2D eigenvalue weighted by Gasteiger charge is -2.40. The smallest absolute Gasteiger partial charge is 0.295 e. The second kappa shape index (κ2) is 9.43. The zero-order valence-electron chi connectivity index (χ0n) is 19.2. The zero-order chi connectivity index (χ0) is 23.7. The lowest BCUT2D eigenvalue weighted by atomic mass is 9.89. The number of fused-ring (bicyclic) bond motifs is 1. The fourth-order valence-corrected chi connectivity index (χ4v) is 4.76. The highest BCUT2D eigenvalue weighted by atomic mass is 35.5. The Bertz CT molecular complexity index is 1320. The molecule has 1 aliphatic heterocycles. The number of nitrogens with zero attached hydrogens (tertiary/aromatic N) is 4. The van der Waals surface area contributed by atoms with Gasteiger partial charge in [0.25, 0.3) is 11.9 Å². The molecular weight excluding hydrogens is 450 g/mol. The van der Waals surface area contributed by atoms with E-state index in [9.17, 15) is 4.79 Å². The summed E-state index contributed by atoms with van der Waals surface area (Å²) in [6.45, 7) is 5.43. The Kier molecular flexibility index (Phi) is 6.20. The van der Waals surface area contributed by atoms with Crippen molar-refractivity contribution in [3.63, 3.8) is 0 Å². The number of amides is 1. The summed E-state index contributed by atoms with van der Waals surface area (Å²) in [6.07, 6.45) is 5.42. The Hall–Kier alpha value is -3.45. The molecule has 1 amide bonds. The van der Waals surface area contributed by atoms with E-state index >= 15 is 0 Å². The van der Waals surface area contributed by atoms with Gasteiger partial charge in [-0.25, -0.2) is 9.97 Å². The van der Waals surface area contributed by atoms with Gasteiger partial charge in [-0.2, -0.15) is 4.98 Å². The van der Waals surface area contributed by atoms with Crippen molar-refractivity contribution in [1.82, 2.24) is 19.9 Å². The number of anilines is 1. The van der Waals surface area contributed by atoms with Crippen LogP contribution in [0.5, 0.6) is 0 Å². The van der Waals surface area contributed by atoms with Crippen molar-refractivity contribution in [2.75, 3.05) is 18.4 Å². The van der Waals surface area contributed by atoms with E-state index in [1.54, 1.807) is 30.6 Å². The van der Waals surface area contributed by atoms with Crippen molar-refractivity contribution >= 4 is 34.6 Å². The minimum atomic E-state index is -0.00912. The van der Waals surface area contributed by atoms with Crippen LogP contribution in [0.1, 0.15) is 35.7 Å². The van der Waals surface area contributed by atoms with Crippen LogP contribution in [0.25, 0.3) is 22.5 Å². The molecule has 0 aliphatic carbocycles. The molecule has 2 aromatic heterocycles. The zero-order valence-corrected chi connectivity index (χ0v) is 19.9. The molecule has 0 spiro atoms. The summed E-state index contributed by atoms with van der Waals surface area (Å²) in [4.78, 5) is 29.1. The maximum atomic E-state index is 13.8. The first-order valence-electron chi connectivity index (χ1n) is 11.5. The molecule has 0 unspecified atom stereocenters. The predicted molar refractivity (Wildman–Crippen MR) is 133 cm³/mol. The summed E-state index contributed by atoms with van der Waals surface area (Å²) in [5, 5.41) is 3.91. The van der Waals surface area contributed by atoms with Gasteiger partial charge in [-0.1, -0.05) is 30.2 Å². The molecule has 0 radical (unpaired) electrons. The minimum absolute atomic E-state index is 0.00862. The van der Waals surface area contributed by atoms with Gasteiger partial charge in [0.1, 0.15) is 5.52 Å². The number of halogens is 1. The molecule has 2 aromatic carbocycles. The van der Waals surface area contributed by atoms with Gasteiger partial charge >= 0.3 is 0 Å². The van der Waals surface area contributed by atoms with E-state index in [4.69, 9.17) is 16.0 Å². The normalized spacial score (nSPS) is 18.3. The van der Waals surface area contributed by atoms with Crippen molar-refractivity contribution < 1.29 is 9.21 Å². The Balaban J connectivity index is 1.41. The molecule has 1 fully saturated rings. The Morgan fingerprint density at radius 1 is 1.21 bits per heavy atom. The Morgan fingerprint density at radius 2 is 2.03 bits per heavy atom. The van der Waals surface area contributed by atoms with Crippen LogP contribution in [0.3, 0.4) is 0 Å². The van der Waals surface area contributed by atoms with E-state index in [0.717, 1.165) is 29.5 Å². The summed E-state index contributed by atoms with van der Waals surface area (Å²) in [6, 6.07) is 13.4. The Labute approximate surface area is 203 Å². The van der Waals surface area contributed by atoms with Crippen molar-refractivity contribution in [3.8, 4) is 11.4 Å². The number of hydrogen-bond donors (Lipinski definition) is 1. The second-order valence-electron chi connectivity index (χ2n) is 8.82. The fraction of sp³-hybridized carbons (Fsp3) is 0.308. The van der Waals surface area contributed by atoms with Gasteiger partial charge in [-0.05, 0) is 56.0 Å². The largest absolute Gasteiger partial charge is 0.424 e. The van der Waals surface area contributed by atoms with Gasteiger partial charge in [-0.3, -0.25) is 4.79 Å². The van der Waals surface area contributed by atoms with Crippen LogP contribution < -0.4 is 5.32 Å². The number of piperidine rings is 1. The van der Waals surface area contributed by atoms with Crippen LogP contribution in [-0.2, 0) is 0 Å². The number of likely N-dealkylation sites (tertiary alicyclic amines) is 1. The van der Waals surface area contributed by atoms with Crippen molar-refractivity contribution in [3.05, 3.63) is 71.0 Å². The van der Waals surface area contributed by atoms with E-state index in [1.807, 2.05) is 36.1 Å². The van der Waals surface area contributed by atoms with Crippen LogP contribution in [0.15, 0.2) is 59.3 Å². The average Bonchev–Trinajstić information content (AvgIpc) is 3.25. The molecule has 1 N–H and O–H groups in total. The highest BCUT2D eigenvalue weighted by Crippen LogP contribution is 2.30. The third kappa shape index (κ3) is 4.48. The molecular formula is C26H26ClN5O2. The van der Waals surface area contributed by atoms with E-state index in [0.29, 0.717) is 47.0 Å². The first-order chi connectivity index (χ1) is 16.5. The number of rotatable bonds is 5. The number of oxazole rings is 1. The fourth-order valence-electron chi connectivity index (χ4n) is 4.60. The lowest BCUT2D eigenvalue weighted by Crippen LogP contribution is -2.51. The SMILES string of the molecule is Cc1ccc(C(=O)N2CCC[C@@H](C)[C@H]2CNc2nc3ccc(Cl)cc3o2)c(-c2ncccn2)c1. The van der Waals surface area contributed by atoms with Crippen molar-refractivity contribution in [2.45, 2.75) is 32.7 Å². The summed E-state index contributed by atoms with van der Waals surface area (Å²) in [7, 11) is 0. The first kappa shape index (κ1) is 22.3. The second-order valence-corrected chi connectivity index (χ2v) is 9.26. The van der Waals surface area contributed by atoms with Crippen LogP contribution in [0.2, 0.25) is 5.02 Å². The topological polar surface area (TPSA) is 84.2 Å². The number of aryl methyl sites for hydroxylation is 1. The highest BCUT2D eigenvalue weighted by molar-refractivity contribution is 6.31. The number of carbonyl (C=O) groups excluding carboxylic acids is 1. The standard InChI is InChI=1S/C26H26ClN5O2/c1-16-6-8-19(20(13-16)24-28-10-4-11-29-24)25(33)32-12-3-5-17(2)22(32)15-30-26-31-21-9-7-18(27)14-23(21)34-26/h4,6-11,13-14,17,22H,3,5,12,15H2,1-2H3,(H,30,31)/t17-,22-/m1/s1. The molecule has 7 nitrogen and oxygen atoms in total. The monoisotopic (exact) mass is 475 g/mol. The number of nitrogens with one attached hydrogen (secondary N) is 1. The average molecular weight is 476 g/mol.